The number of rotatable bonds is 3. The zero-order chi connectivity index (χ0) is 20.7. The van der Waals surface area contributed by atoms with Crippen molar-refractivity contribution in [2.24, 2.45) is 5.92 Å². The van der Waals surface area contributed by atoms with E-state index in [1.807, 2.05) is 56.9 Å². The normalized spacial score (nSPS) is 13.1. The predicted octanol–water partition coefficient (Wildman–Crippen LogP) is 4.04. The van der Waals surface area contributed by atoms with Crippen LogP contribution in [0.3, 0.4) is 0 Å². The number of carbonyl (C=O) groups is 2. The number of nitrogens with zero attached hydrogens (tertiary/aromatic N) is 3. The molecule has 29 heavy (non-hydrogen) atoms. The summed E-state index contributed by atoms with van der Waals surface area (Å²) in [5, 5.41) is 2.95. The summed E-state index contributed by atoms with van der Waals surface area (Å²) in [6.07, 6.45) is 0.793. The zero-order valence-corrected chi connectivity index (χ0v) is 17.1. The van der Waals surface area contributed by atoms with Gasteiger partial charge in [0.05, 0.1) is 22.4 Å². The lowest BCUT2D eigenvalue weighted by Crippen LogP contribution is -2.32. The van der Waals surface area contributed by atoms with Crippen molar-refractivity contribution < 1.29 is 9.59 Å². The summed E-state index contributed by atoms with van der Waals surface area (Å²) >= 11 is 0. The summed E-state index contributed by atoms with van der Waals surface area (Å²) in [4.78, 5) is 36.0. The van der Waals surface area contributed by atoms with Gasteiger partial charge in [-0.05, 0) is 62.2 Å². The molecule has 2 amide bonds. The van der Waals surface area contributed by atoms with Crippen LogP contribution in [0.25, 0.3) is 11.0 Å². The van der Waals surface area contributed by atoms with Gasteiger partial charge in [-0.2, -0.15) is 0 Å². The lowest BCUT2D eigenvalue weighted by atomic mass is 10.1. The quantitative estimate of drug-likeness (QED) is 0.735. The topological polar surface area (TPSA) is 75.2 Å². The smallest absolute Gasteiger partial charge is 0.255 e. The number of benzene rings is 2. The Morgan fingerprint density at radius 2 is 1.72 bits per heavy atom. The Hall–Kier alpha value is -3.28. The SMILES string of the molecule is Cc1nc2ccc(C(=O)Nc3ccc4c(c3)CCN4C(=O)C(C)C)cc2nc1C. The average molecular weight is 388 g/mol. The van der Waals surface area contributed by atoms with E-state index in [1.54, 1.807) is 12.1 Å². The van der Waals surface area contributed by atoms with Crippen molar-refractivity contribution in [2.45, 2.75) is 34.1 Å². The van der Waals surface area contributed by atoms with Crippen molar-refractivity contribution >= 4 is 34.2 Å². The second-order valence-electron chi connectivity index (χ2n) is 7.79. The lowest BCUT2D eigenvalue weighted by Gasteiger charge is -2.19. The first-order chi connectivity index (χ1) is 13.8. The maximum Gasteiger partial charge on any atom is 0.255 e. The van der Waals surface area contributed by atoms with Crippen LogP contribution in [0.15, 0.2) is 36.4 Å². The van der Waals surface area contributed by atoms with Crippen molar-refractivity contribution in [3.63, 3.8) is 0 Å². The number of aryl methyl sites for hydroxylation is 2. The number of nitrogens with one attached hydrogen (secondary N) is 1. The standard InChI is InChI=1S/C23H24N4O2/c1-13(2)23(29)27-10-9-16-11-18(6-8-21(16)27)26-22(28)17-5-7-19-20(12-17)25-15(4)14(3)24-19/h5-8,11-13H,9-10H2,1-4H3,(H,26,28). The summed E-state index contributed by atoms with van der Waals surface area (Å²) in [6.45, 7) is 8.33. The van der Waals surface area contributed by atoms with E-state index in [9.17, 15) is 9.59 Å². The minimum atomic E-state index is -0.194. The molecule has 1 aliphatic rings. The Morgan fingerprint density at radius 3 is 2.45 bits per heavy atom. The van der Waals surface area contributed by atoms with E-state index in [-0.39, 0.29) is 17.7 Å². The Kier molecular flexibility index (Phi) is 4.78. The molecule has 0 saturated carbocycles. The Balaban J connectivity index is 1.56. The first kappa shape index (κ1) is 19.1. The Bertz CT molecular complexity index is 1140. The van der Waals surface area contributed by atoms with Crippen LogP contribution < -0.4 is 10.2 Å². The fourth-order valence-corrected chi connectivity index (χ4v) is 3.60. The second kappa shape index (κ2) is 7.28. The summed E-state index contributed by atoms with van der Waals surface area (Å²) in [5.41, 5.74) is 6.49. The van der Waals surface area contributed by atoms with Crippen molar-refractivity contribution in [1.29, 1.82) is 0 Å². The molecule has 1 aromatic heterocycles. The third-order valence-corrected chi connectivity index (χ3v) is 5.33. The molecule has 6 heteroatoms. The molecule has 1 N–H and O–H groups in total. The van der Waals surface area contributed by atoms with Gasteiger partial charge in [-0.1, -0.05) is 13.8 Å². The highest BCUT2D eigenvalue weighted by Crippen LogP contribution is 2.31. The van der Waals surface area contributed by atoms with Gasteiger partial charge in [0.25, 0.3) is 5.91 Å². The van der Waals surface area contributed by atoms with Crippen LogP contribution in [0.5, 0.6) is 0 Å². The summed E-state index contributed by atoms with van der Waals surface area (Å²) in [5.74, 6) is -0.105. The molecular weight excluding hydrogens is 364 g/mol. The Morgan fingerprint density at radius 1 is 1.00 bits per heavy atom. The van der Waals surface area contributed by atoms with E-state index in [0.29, 0.717) is 17.6 Å². The van der Waals surface area contributed by atoms with E-state index >= 15 is 0 Å². The van der Waals surface area contributed by atoms with Gasteiger partial charge >= 0.3 is 0 Å². The van der Waals surface area contributed by atoms with Crippen molar-refractivity contribution in [3.05, 3.63) is 58.9 Å². The number of fused-ring (bicyclic) bond motifs is 2. The molecule has 3 aromatic rings. The monoisotopic (exact) mass is 388 g/mol. The van der Waals surface area contributed by atoms with Crippen LogP contribution in [0.1, 0.15) is 41.2 Å². The second-order valence-corrected chi connectivity index (χ2v) is 7.79. The molecule has 0 radical (unpaired) electrons. The predicted molar refractivity (Wildman–Crippen MR) is 114 cm³/mol. The molecule has 0 aliphatic carbocycles. The van der Waals surface area contributed by atoms with Crippen LogP contribution in [0.4, 0.5) is 11.4 Å². The molecule has 0 atom stereocenters. The van der Waals surface area contributed by atoms with E-state index in [0.717, 1.165) is 40.3 Å². The molecule has 0 unspecified atom stereocenters. The summed E-state index contributed by atoms with van der Waals surface area (Å²) < 4.78 is 0. The van der Waals surface area contributed by atoms with Gasteiger partial charge in [-0.3, -0.25) is 9.59 Å². The molecular formula is C23H24N4O2. The minimum absolute atomic E-state index is 0.0382. The minimum Gasteiger partial charge on any atom is -0.322 e. The van der Waals surface area contributed by atoms with Crippen LogP contribution in [-0.4, -0.2) is 28.3 Å². The van der Waals surface area contributed by atoms with E-state index in [4.69, 9.17) is 0 Å². The van der Waals surface area contributed by atoms with Gasteiger partial charge in [0.15, 0.2) is 0 Å². The molecule has 2 heterocycles. The van der Waals surface area contributed by atoms with Crippen LogP contribution in [-0.2, 0) is 11.2 Å². The molecule has 0 fully saturated rings. The number of anilines is 2. The van der Waals surface area contributed by atoms with E-state index in [1.165, 1.54) is 0 Å². The van der Waals surface area contributed by atoms with Crippen LogP contribution in [0, 0.1) is 19.8 Å². The van der Waals surface area contributed by atoms with Crippen LogP contribution in [0.2, 0.25) is 0 Å². The van der Waals surface area contributed by atoms with Gasteiger partial charge in [0, 0.05) is 29.4 Å². The molecule has 2 aromatic carbocycles. The number of aromatic nitrogens is 2. The highest BCUT2D eigenvalue weighted by atomic mass is 16.2. The summed E-state index contributed by atoms with van der Waals surface area (Å²) in [7, 11) is 0. The number of amides is 2. The maximum atomic E-state index is 12.7. The Labute approximate surface area is 170 Å². The molecule has 0 bridgehead atoms. The fraction of sp³-hybridized carbons (Fsp3) is 0.304. The summed E-state index contributed by atoms with van der Waals surface area (Å²) in [6, 6.07) is 11.1. The molecule has 1 aliphatic heterocycles. The van der Waals surface area contributed by atoms with Crippen molar-refractivity contribution in [3.8, 4) is 0 Å². The fourth-order valence-electron chi connectivity index (χ4n) is 3.60. The van der Waals surface area contributed by atoms with Crippen molar-refractivity contribution in [2.75, 3.05) is 16.8 Å². The highest BCUT2D eigenvalue weighted by molar-refractivity contribution is 6.06. The molecule has 0 spiro atoms. The highest BCUT2D eigenvalue weighted by Gasteiger charge is 2.26. The first-order valence-corrected chi connectivity index (χ1v) is 9.84. The van der Waals surface area contributed by atoms with Gasteiger partial charge in [-0.15, -0.1) is 0 Å². The molecule has 4 rings (SSSR count). The van der Waals surface area contributed by atoms with Crippen LogP contribution >= 0.6 is 0 Å². The maximum absolute atomic E-state index is 12.7. The van der Waals surface area contributed by atoms with E-state index < -0.39 is 0 Å². The molecule has 148 valence electrons. The molecule has 6 nitrogen and oxygen atoms in total. The number of carbonyl (C=O) groups excluding carboxylic acids is 2. The third kappa shape index (κ3) is 3.58. The van der Waals surface area contributed by atoms with Gasteiger partial charge in [0.1, 0.15) is 0 Å². The average Bonchev–Trinajstić information content (AvgIpc) is 3.11. The van der Waals surface area contributed by atoms with Gasteiger partial charge in [0.2, 0.25) is 5.91 Å². The van der Waals surface area contributed by atoms with Gasteiger partial charge in [-0.25, -0.2) is 9.97 Å². The number of hydrogen-bond donors (Lipinski definition) is 1. The molecule has 0 saturated heterocycles. The van der Waals surface area contributed by atoms with E-state index in [2.05, 4.69) is 15.3 Å². The van der Waals surface area contributed by atoms with Crippen molar-refractivity contribution in [1.82, 2.24) is 9.97 Å². The first-order valence-electron chi connectivity index (χ1n) is 9.84. The third-order valence-electron chi connectivity index (χ3n) is 5.33. The zero-order valence-electron chi connectivity index (χ0n) is 17.1. The lowest BCUT2D eigenvalue weighted by molar-refractivity contribution is -0.121. The number of hydrogen-bond acceptors (Lipinski definition) is 4. The largest absolute Gasteiger partial charge is 0.322 e. The van der Waals surface area contributed by atoms with Gasteiger partial charge < -0.3 is 10.2 Å².